The molecule has 0 saturated heterocycles. The van der Waals surface area contributed by atoms with Gasteiger partial charge in [-0.05, 0) is 42.2 Å². The number of hydrogen-bond donors (Lipinski definition) is 2. The lowest BCUT2D eigenvalue weighted by molar-refractivity contribution is -0.139. The van der Waals surface area contributed by atoms with Gasteiger partial charge in [0.05, 0.1) is 4.88 Å². The van der Waals surface area contributed by atoms with Gasteiger partial charge in [0.15, 0.2) is 0 Å². The quantitative estimate of drug-likeness (QED) is 0.838. The topological polar surface area (TPSA) is 66.4 Å². The molecule has 0 aromatic carbocycles. The van der Waals surface area contributed by atoms with Crippen LogP contribution in [-0.2, 0) is 17.0 Å². The van der Waals surface area contributed by atoms with Crippen molar-refractivity contribution in [3.05, 3.63) is 21.4 Å². The third kappa shape index (κ3) is 3.93. The van der Waals surface area contributed by atoms with Crippen LogP contribution in [0.15, 0.2) is 6.07 Å². The van der Waals surface area contributed by atoms with Gasteiger partial charge in [-0.1, -0.05) is 0 Å². The molecule has 110 valence electrons. The number of amides is 1. The number of aryl methyl sites for hydroxylation is 1. The van der Waals surface area contributed by atoms with Crippen molar-refractivity contribution in [3.63, 3.8) is 0 Å². The van der Waals surface area contributed by atoms with E-state index >= 15 is 0 Å². The zero-order chi connectivity index (χ0) is 14.5. The molecule has 4 nitrogen and oxygen atoms in total. The Bertz CT molecular complexity index is 478. The Kier molecular flexibility index (Phi) is 5.80. The molecule has 0 fully saturated rings. The molecule has 0 spiro atoms. The van der Waals surface area contributed by atoms with E-state index in [1.165, 1.54) is 21.8 Å². The summed E-state index contributed by atoms with van der Waals surface area (Å²) >= 11 is 4.95. The standard InChI is InChI=1S/C13H17NO3S3/c1-18-4-2-9(13(16)17)14-12(15)11-6-8-7-19-5-3-10(8)20-11/h6,9H,2-5,7H2,1H3,(H,14,15)(H,16,17)/t9-/m1/s1. The first kappa shape index (κ1) is 15.7. The van der Waals surface area contributed by atoms with E-state index in [9.17, 15) is 9.59 Å². The lowest BCUT2D eigenvalue weighted by Gasteiger charge is -2.12. The fourth-order valence-electron chi connectivity index (χ4n) is 1.98. The van der Waals surface area contributed by atoms with Crippen LogP contribution >= 0.6 is 34.9 Å². The smallest absolute Gasteiger partial charge is 0.326 e. The lowest BCUT2D eigenvalue weighted by Crippen LogP contribution is -2.40. The number of carboxylic acids is 1. The van der Waals surface area contributed by atoms with E-state index in [1.807, 2.05) is 24.1 Å². The summed E-state index contributed by atoms with van der Waals surface area (Å²) in [7, 11) is 0. The van der Waals surface area contributed by atoms with Crippen molar-refractivity contribution in [2.75, 3.05) is 17.8 Å². The monoisotopic (exact) mass is 331 g/mol. The zero-order valence-corrected chi connectivity index (χ0v) is 13.6. The number of fused-ring (bicyclic) bond motifs is 1. The number of rotatable bonds is 6. The highest BCUT2D eigenvalue weighted by molar-refractivity contribution is 7.98. The van der Waals surface area contributed by atoms with Gasteiger partial charge in [0.25, 0.3) is 5.91 Å². The Morgan fingerprint density at radius 1 is 1.55 bits per heavy atom. The Morgan fingerprint density at radius 2 is 2.35 bits per heavy atom. The van der Waals surface area contributed by atoms with Crippen molar-refractivity contribution in [2.24, 2.45) is 0 Å². The SMILES string of the molecule is CSCC[C@@H](NC(=O)c1cc2c(s1)CCSC2)C(=O)O. The van der Waals surface area contributed by atoms with Gasteiger partial charge < -0.3 is 10.4 Å². The van der Waals surface area contributed by atoms with Crippen molar-refractivity contribution in [3.8, 4) is 0 Å². The summed E-state index contributed by atoms with van der Waals surface area (Å²) in [5.74, 6) is 1.54. The largest absolute Gasteiger partial charge is 0.480 e. The summed E-state index contributed by atoms with van der Waals surface area (Å²) in [6.07, 6.45) is 3.38. The van der Waals surface area contributed by atoms with E-state index in [0.717, 1.165) is 23.7 Å². The molecule has 0 radical (unpaired) electrons. The molecule has 0 saturated carbocycles. The molecule has 2 heterocycles. The predicted molar refractivity (Wildman–Crippen MR) is 86.1 cm³/mol. The number of hydrogen-bond acceptors (Lipinski definition) is 5. The Hall–Kier alpha value is -0.660. The van der Waals surface area contributed by atoms with E-state index in [0.29, 0.717) is 11.3 Å². The Labute approximate surface area is 130 Å². The van der Waals surface area contributed by atoms with Crippen molar-refractivity contribution in [1.82, 2.24) is 5.32 Å². The van der Waals surface area contributed by atoms with Crippen molar-refractivity contribution in [1.29, 1.82) is 0 Å². The molecule has 1 aromatic heterocycles. The third-order valence-corrected chi connectivity index (χ3v) is 5.95. The van der Waals surface area contributed by atoms with E-state index in [2.05, 4.69) is 5.32 Å². The van der Waals surface area contributed by atoms with Crippen LogP contribution in [0.2, 0.25) is 0 Å². The number of thiophene rings is 1. The van der Waals surface area contributed by atoms with Gasteiger partial charge in [0.1, 0.15) is 6.04 Å². The molecular weight excluding hydrogens is 314 g/mol. The predicted octanol–water partition coefficient (Wildman–Crippen LogP) is 2.47. The molecule has 7 heteroatoms. The lowest BCUT2D eigenvalue weighted by atomic mass is 10.2. The average molecular weight is 331 g/mol. The molecule has 1 aliphatic rings. The second-order valence-corrected chi connectivity index (χ2v) is 7.73. The average Bonchev–Trinajstić information content (AvgIpc) is 2.86. The fraction of sp³-hybridized carbons (Fsp3) is 0.538. The van der Waals surface area contributed by atoms with Crippen LogP contribution < -0.4 is 5.32 Å². The number of carbonyl (C=O) groups is 2. The van der Waals surface area contributed by atoms with Gasteiger partial charge in [0, 0.05) is 10.6 Å². The maximum atomic E-state index is 12.2. The van der Waals surface area contributed by atoms with Crippen LogP contribution in [0.25, 0.3) is 0 Å². The van der Waals surface area contributed by atoms with Crippen molar-refractivity contribution < 1.29 is 14.7 Å². The minimum absolute atomic E-state index is 0.261. The van der Waals surface area contributed by atoms with Gasteiger partial charge in [-0.25, -0.2) is 4.79 Å². The van der Waals surface area contributed by atoms with Crippen LogP contribution in [0.5, 0.6) is 0 Å². The summed E-state index contributed by atoms with van der Waals surface area (Å²) in [4.78, 5) is 25.2. The highest BCUT2D eigenvalue weighted by Crippen LogP contribution is 2.31. The number of nitrogens with one attached hydrogen (secondary N) is 1. The van der Waals surface area contributed by atoms with E-state index in [-0.39, 0.29) is 5.91 Å². The van der Waals surface area contributed by atoms with Crippen LogP contribution in [0.1, 0.15) is 26.5 Å². The minimum Gasteiger partial charge on any atom is -0.480 e. The van der Waals surface area contributed by atoms with Gasteiger partial charge in [-0.15, -0.1) is 11.3 Å². The highest BCUT2D eigenvalue weighted by Gasteiger charge is 2.23. The van der Waals surface area contributed by atoms with Crippen LogP contribution in [0.3, 0.4) is 0 Å². The van der Waals surface area contributed by atoms with Crippen molar-refractivity contribution in [2.45, 2.75) is 24.6 Å². The van der Waals surface area contributed by atoms with Crippen LogP contribution in [0, 0.1) is 0 Å². The number of carbonyl (C=O) groups excluding carboxylic acids is 1. The number of aliphatic carboxylic acids is 1. The summed E-state index contributed by atoms with van der Waals surface area (Å²) in [5.41, 5.74) is 1.23. The zero-order valence-electron chi connectivity index (χ0n) is 11.2. The van der Waals surface area contributed by atoms with Crippen LogP contribution in [-0.4, -0.2) is 40.8 Å². The molecule has 1 amide bonds. The Balaban J connectivity index is 2.02. The maximum absolute atomic E-state index is 12.2. The summed E-state index contributed by atoms with van der Waals surface area (Å²) in [6, 6.07) is 1.11. The molecule has 2 N–H and O–H groups in total. The van der Waals surface area contributed by atoms with E-state index in [1.54, 1.807) is 11.8 Å². The molecule has 20 heavy (non-hydrogen) atoms. The van der Waals surface area contributed by atoms with Gasteiger partial charge in [-0.3, -0.25) is 4.79 Å². The molecule has 1 aromatic rings. The second kappa shape index (κ2) is 7.38. The molecule has 0 unspecified atom stereocenters. The first-order chi connectivity index (χ1) is 9.61. The van der Waals surface area contributed by atoms with E-state index in [4.69, 9.17) is 5.11 Å². The third-order valence-electron chi connectivity index (χ3n) is 3.07. The van der Waals surface area contributed by atoms with Gasteiger partial charge in [-0.2, -0.15) is 23.5 Å². The molecule has 1 aliphatic heterocycles. The highest BCUT2D eigenvalue weighted by atomic mass is 32.2. The normalized spacial score (nSPS) is 15.4. The second-order valence-electron chi connectivity index (χ2n) is 4.51. The molecule has 1 atom stereocenters. The molecule has 2 rings (SSSR count). The summed E-state index contributed by atoms with van der Waals surface area (Å²) in [5, 5.41) is 11.8. The van der Waals surface area contributed by atoms with E-state index < -0.39 is 12.0 Å². The number of carboxylic acid groups (broad SMARTS) is 1. The van der Waals surface area contributed by atoms with Crippen molar-refractivity contribution >= 4 is 46.7 Å². The number of thioether (sulfide) groups is 2. The summed E-state index contributed by atoms with van der Waals surface area (Å²) < 4.78 is 0. The molecular formula is C13H17NO3S3. The molecule has 0 bridgehead atoms. The summed E-state index contributed by atoms with van der Waals surface area (Å²) in [6.45, 7) is 0. The van der Waals surface area contributed by atoms with Gasteiger partial charge in [0.2, 0.25) is 0 Å². The van der Waals surface area contributed by atoms with Crippen LogP contribution in [0.4, 0.5) is 0 Å². The minimum atomic E-state index is -0.968. The first-order valence-electron chi connectivity index (χ1n) is 6.33. The first-order valence-corrected chi connectivity index (χ1v) is 9.70. The Morgan fingerprint density at radius 3 is 3.00 bits per heavy atom. The van der Waals surface area contributed by atoms with Gasteiger partial charge >= 0.3 is 5.97 Å². The molecule has 0 aliphatic carbocycles. The fourth-order valence-corrected chi connectivity index (χ4v) is 4.73. The maximum Gasteiger partial charge on any atom is 0.326 e.